The molecule has 4 heteroatoms. The van der Waals surface area contributed by atoms with E-state index >= 15 is 0 Å². The van der Waals surface area contributed by atoms with Crippen molar-refractivity contribution in [2.24, 2.45) is 0 Å². The van der Waals surface area contributed by atoms with Crippen molar-refractivity contribution in [3.05, 3.63) is 58.9 Å². The Morgan fingerprint density at radius 1 is 1.29 bits per heavy atom. The second-order valence-corrected chi connectivity index (χ2v) is 5.96. The lowest BCUT2D eigenvalue weighted by Gasteiger charge is -2.13. The number of ketones is 1. The SMILES string of the molecule is Cc1cc(/C=C/C(=O)c2ccc(OCC#N)cc2)c(C)n1C(C)C. The highest BCUT2D eigenvalue weighted by molar-refractivity contribution is 6.06. The summed E-state index contributed by atoms with van der Waals surface area (Å²) < 4.78 is 7.44. The van der Waals surface area contributed by atoms with Gasteiger partial charge in [-0.2, -0.15) is 5.26 Å². The van der Waals surface area contributed by atoms with E-state index in [0.29, 0.717) is 17.4 Å². The second-order valence-electron chi connectivity index (χ2n) is 5.96. The highest BCUT2D eigenvalue weighted by Crippen LogP contribution is 2.21. The van der Waals surface area contributed by atoms with E-state index in [-0.39, 0.29) is 12.4 Å². The molecule has 124 valence electrons. The third-order valence-electron chi connectivity index (χ3n) is 3.90. The van der Waals surface area contributed by atoms with Crippen LogP contribution < -0.4 is 4.74 Å². The Kier molecular flexibility index (Phi) is 5.59. The summed E-state index contributed by atoms with van der Waals surface area (Å²) in [6.07, 6.45) is 3.46. The molecule has 0 bridgehead atoms. The van der Waals surface area contributed by atoms with Gasteiger partial charge in [-0.05, 0) is 75.7 Å². The van der Waals surface area contributed by atoms with Crippen LogP contribution in [0.5, 0.6) is 5.75 Å². The molecule has 0 aliphatic heterocycles. The Hall–Kier alpha value is -2.80. The van der Waals surface area contributed by atoms with E-state index in [2.05, 4.69) is 38.3 Å². The predicted molar refractivity (Wildman–Crippen MR) is 95.2 cm³/mol. The summed E-state index contributed by atoms with van der Waals surface area (Å²) in [5, 5.41) is 8.49. The first-order chi connectivity index (χ1) is 11.4. The molecular weight excluding hydrogens is 300 g/mol. The molecule has 0 aliphatic rings. The van der Waals surface area contributed by atoms with Gasteiger partial charge < -0.3 is 9.30 Å². The largest absolute Gasteiger partial charge is 0.479 e. The number of nitrogens with zero attached hydrogens (tertiary/aromatic N) is 2. The lowest BCUT2D eigenvalue weighted by molar-refractivity contribution is 0.104. The maximum absolute atomic E-state index is 12.3. The normalized spacial score (nSPS) is 11.0. The lowest BCUT2D eigenvalue weighted by Crippen LogP contribution is -2.04. The van der Waals surface area contributed by atoms with E-state index < -0.39 is 0 Å². The van der Waals surface area contributed by atoms with Crippen molar-refractivity contribution in [2.45, 2.75) is 33.7 Å². The molecule has 0 saturated heterocycles. The summed E-state index contributed by atoms with van der Waals surface area (Å²) in [5.41, 5.74) is 4.00. The Morgan fingerprint density at radius 2 is 1.96 bits per heavy atom. The zero-order chi connectivity index (χ0) is 17.7. The van der Waals surface area contributed by atoms with Crippen LogP contribution in [-0.2, 0) is 0 Å². The van der Waals surface area contributed by atoms with Crippen LogP contribution in [0, 0.1) is 25.2 Å². The quantitative estimate of drug-likeness (QED) is 0.582. The Morgan fingerprint density at radius 3 is 2.50 bits per heavy atom. The fraction of sp³-hybridized carbons (Fsp3) is 0.300. The molecule has 0 N–H and O–H groups in total. The summed E-state index contributed by atoms with van der Waals surface area (Å²) in [4.78, 5) is 12.3. The number of hydrogen-bond acceptors (Lipinski definition) is 3. The van der Waals surface area contributed by atoms with Crippen molar-refractivity contribution in [1.82, 2.24) is 4.57 Å². The van der Waals surface area contributed by atoms with Gasteiger partial charge in [0, 0.05) is 23.0 Å². The number of ether oxygens (including phenoxy) is 1. The minimum atomic E-state index is -0.0591. The van der Waals surface area contributed by atoms with Gasteiger partial charge in [0.2, 0.25) is 0 Å². The molecule has 1 aromatic carbocycles. The number of benzene rings is 1. The molecule has 0 amide bonds. The molecule has 0 saturated carbocycles. The molecule has 0 fully saturated rings. The molecule has 24 heavy (non-hydrogen) atoms. The molecule has 0 unspecified atom stereocenters. The summed E-state index contributed by atoms with van der Waals surface area (Å²) >= 11 is 0. The number of hydrogen-bond donors (Lipinski definition) is 0. The number of rotatable bonds is 6. The van der Waals surface area contributed by atoms with Crippen molar-refractivity contribution >= 4 is 11.9 Å². The van der Waals surface area contributed by atoms with E-state index in [1.165, 1.54) is 5.69 Å². The van der Waals surface area contributed by atoms with Crippen molar-refractivity contribution in [3.8, 4) is 11.8 Å². The zero-order valence-electron chi connectivity index (χ0n) is 14.5. The predicted octanol–water partition coefficient (Wildman–Crippen LogP) is 4.48. The molecule has 0 aliphatic carbocycles. The average Bonchev–Trinajstić information content (AvgIpc) is 2.85. The average molecular weight is 322 g/mol. The number of allylic oxidation sites excluding steroid dienone is 1. The van der Waals surface area contributed by atoms with Crippen LogP contribution in [0.15, 0.2) is 36.4 Å². The smallest absolute Gasteiger partial charge is 0.185 e. The van der Waals surface area contributed by atoms with Crippen LogP contribution in [-0.4, -0.2) is 17.0 Å². The highest BCUT2D eigenvalue weighted by atomic mass is 16.5. The van der Waals surface area contributed by atoms with Crippen LogP contribution in [0.3, 0.4) is 0 Å². The molecule has 0 atom stereocenters. The first-order valence-corrected chi connectivity index (χ1v) is 7.94. The van der Waals surface area contributed by atoms with E-state index in [1.54, 1.807) is 30.3 Å². The van der Waals surface area contributed by atoms with Gasteiger partial charge in [-0.3, -0.25) is 4.79 Å². The third kappa shape index (κ3) is 3.94. The monoisotopic (exact) mass is 322 g/mol. The molecule has 1 heterocycles. The van der Waals surface area contributed by atoms with Gasteiger partial charge in [0.15, 0.2) is 12.4 Å². The topological polar surface area (TPSA) is 55.0 Å². The van der Waals surface area contributed by atoms with E-state index in [0.717, 1.165) is 11.3 Å². The zero-order valence-corrected chi connectivity index (χ0v) is 14.5. The van der Waals surface area contributed by atoms with Gasteiger partial charge in [-0.25, -0.2) is 0 Å². The van der Waals surface area contributed by atoms with Crippen LogP contribution in [0.1, 0.15) is 47.2 Å². The van der Waals surface area contributed by atoms with Gasteiger partial charge in [-0.15, -0.1) is 0 Å². The first kappa shape index (κ1) is 17.6. The summed E-state index contributed by atoms with van der Waals surface area (Å²) in [7, 11) is 0. The van der Waals surface area contributed by atoms with Gasteiger partial charge >= 0.3 is 0 Å². The van der Waals surface area contributed by atoms with Crippen molar-refractivity contribution in [1.29, 1.82) is 5.26 Å². The van der Waals surface area contributed by atoms with Crippen molar-refractivity contribution in [3.63, 3.8) is 0 Å². The van der Waals surface area contributed by atoms with Crippen molar-refractivity contribution in [2.75, 3.05) is 6.61 Å². The van der Waals surface area contributed by atoms with Crippen LogP contribution >= 0.6 is 0 Å². The lowest BCUT2D eigenvalue weighted by atomic mass is 10.1. The second kappa shape index (κ2) is 7.65. The number of carbonyl (C=O) groups is 1. The third-order valence-corrected chi connectivity index (χ3v) is 3.90. The molecular formula is C20H22N2O2. The number of aromatic nitrogens is 1. The van der Waals surface area contributed by atoms with Crippen LogP contribution in [0.2, 0.25) is 0 Å². The summed E-state index contributed by atoms with van der Waals surface area (Å²) in [6.45, 7) is 8.44. The molecule has 0 radical (unpaired) electrons. The Bertz CT molecular complexity index is 790. The fourth-order valence-electron chi connectivity index (χ4n) is 2.86. The molecule has 1 aromatic heterocycles. The molecule has 4 nitrogen and oxygen atoms in total. The van der Waals surface area contributed by atoms with Crippen molar-refractivity contribution < 1.29 is 9.53 Å². The number of carbonyl (C=O) groups excluding carboxylic acids is 1. The molecule has 2 rings (SSSR count). The Balaban J connectivity index is 2.13. The summed E-state index contributed by atoms with van der Waals surface area (Å²) in [5.74, 6) is 0.522. The van der Waals surface area contributed by atoms with E-state index in [1.807, 2.05) is 12.1 Å². The number of nitriles is 1. The maximum Gasteiger partial charge on any atom is 0.185 e. The van der Waals surface area contributed by atoms with Crippen LogP contribution in [0.4, 0.5) is 0 Å². The maximum atomic E-state index is 12.3. The fourth-order valence-corrected chi connectivity index (χ4v) is 2.86. The van der Waals surface area contributed by atoms with E-state index in [4.69, 9.17) is 10.00 Å². The Labute approximate surface area is 143 Å². The first-order valence-electron chi connectivity index (χ1n) is 7.94. The molecule has 2 aromatic rings. The van der Waals surface area contributed by atoms with Crippen LogP contribution in [0.25, 0.3) is 6.08 Å². The highest BCUT2D eigenvalue weighted by Gasteiger charge is 2.10. The standard InChI is InChI=1S/C20H22N2O2/c1-14(2)22-15(3)13-18(16(22)4)7-10-20(23)17-5-8-19(9-6-17)24-12-11-21/h5-10,13-14H,12H2,1-4H3/b10-7+. The van der Waals surface area contributed by atoms with Gasteiger partial charge in [-0.1, -0.05) is 0 Å². The van der Waals surface area contributed by atoms with Gasteiger partial charge in [0.05, 0.1) is 0 Å². The van der Waals surface area contributed by atoms with Gasteiger partial charge in [0.1, 0.15) is 11.8 Å². The molecule has 0 spiro atoms. The van der Waals surface area contributed by atoms with Gasteiger partial charge in [0.25, 0.3) is 0 Å². The summed E-state index contributed by atoms with van der Waals surface area (Å²) in [6, 6.07) is 11.2. The number of aryl methyl sites for hydroxylation is 1. The minimum absolute atomic E-state index is 0.00132. The van der Waals surface area contributed by atoms with E-state index in [9.17, 15) is 4.79 Å². The minimum Gasteiger partial charge on any atom is -0.479 e.